The summed E-state index contributed by atoms with van der Waals surface area (Å²) >= 11 is 6.14. The third-order valence-corrected chi connectivity index (χ3v) is 5.62. The van der Waals surface area contributed by atoms with E-state index in [1.165, 1.54) is 0 Å². The molecule has 6 nitrogen and oxygen atoms in total. The molecule has 0 aliphatic carbocycles. The van der Waals surface area contributed by atoms with Gasteiger partial charge in [-0.3, -0.25) is 9.59 Å². The predicted octanol–water partition coefficient (Wildman–Crippen LogP) is 3.56. The van der Waals surface area contributed by atoms with Crippen LogP contribution in [-0.2, 0) is 9.59 Å². The van der Waals surface area contributed by atoms with E-state index in [4.69, 9.17) is 16.3 Å². The second-order valence-electron chi connectivity index (χ2n) is 7.37. The average molecular weight is 414 g/mol. The largest absolute Gasteiger partial charge is 0.477 e. The van der Waals surface area contributed by atoms with Crippen LogP contribution >= 0.6 is 11.6 Å². The predicted molar refractivity (Wildman–Crippen MR) is 114 cm³/mol. The molecular formula is C22H24ClN3O3. The molecular weight excluding hydrogens is 390 g/mol. The van der Waals surface area contributed by atoms with Crippen LogP contribution in [0.1, 0.15) is 19.3 Å². The Bertz CT molecular complexity index is 898. The van der Waals surface area contributed by atoms with Gasteiger partial charge in [0, 0.05) is 13.1 Å². The van der Waals surface area contributed by atoms with Crippen molar-refractivity contribution < 1.29 is 14.3 Å². The number of hydrogen-bond acceptors (Lipinski definition) is 4. The highest BCUT2D eigenvalue weighted by Gasteiger charge is 2.34. The van der Waals surface area contributed by atoms with Crippen molar-refractivity contribution in [3.05, 3.63) is 53.6 Å². The van der Waals surface area contributed by atoms with Gasteiger partial charge in [-0.1, -0.05) is 35.9 Å². The van der Waals surface area contributed by atoms with Gasteiger partial charge in [0.05, 0.1) is 29.5 Å². The lowest BCUT2D eigenvalue weighted by Gasteiger charge is -2.38. The summed E-state index contributed by atoms with van der Waals surface area (Å²) in [6, 6.07) is 14.6. The van der Waals surface area contributed by atoms with E-state index in [-0.39, 0.29) is 18.4 Å². The zero-order valence-electron chi connectivity index (χ0n) is 16.1. The summed E-state index contributed by atoms with van der Waals surface area (Å²) in [5, 5.41) is 3.33. The standard InChI is InChI=1S/C22H24ClN3O3/c23-16-8-2-3-9-17(16)24-21(27)15-26-14-20(22(28)25-12-6-1-7-13-25)29-19-11-5-4-10-18(19)26/h2-5,8-11,20H,1,6-7,12-15H2,(H,24,27)/t20-/m0/s1. The Morgan fingerprint density at radius 3 is 2.55 bits per heavy atom. The summed E-state index contributed by atoms with van der Waals surface area (Å²) in [6.45, 7) is 1.98. The molecule has 7 heteroatoms. The number of anilines is 2. The summed E-state index contributed by atoms with van der Waals surface area (Å²) in [5.41, 5.74) is 1.38. The summed E-state index contributed by atoms with van der Waals surface area (Å²) in [7, 11) is 0. The van der Waals surface area contributed by atoms with E-state index >= 15 is 0 Å². The molecule has 2 amide bonds. The highest BCUT2D eigenvalue weighted by Crippen LogP contribution is 2.33. The Balaban J connectivity index is 1.49. The number of benzene rings is 2. The number of carbonyl (C=O) groups excluding carboxylic acids is 2. The number of fused-ring (bicyclic) bond motifs is 1. The van der Waals surface area contributed by atoms with Crippen LogP contribution in [0.3, 0.4) is 0 Å². The SMILES string of the molecule is O=C(CN1C[C@@H](C(=O)N2CCCCC2)Oc2ccccc21)Nc1ccccc1Cl. The highest BCUT2D eigenvalue weighted by atomic mass is 35.5. The minimum Gasteiger partial charge on any atom is -0.477 e. The van der Waals surface area contributed by atoms with Gasteiger partial charge in [0.2, 0.25) is 5.91 Å². The van der Waals surface area contributed by atoms with Crippen molar-refractivity contribution in [2.75, 3.05) is 36.4 Å². The maximum atomic E-state index is 13.0. The van der Waals surface area contributed by atoms with Gasteiger partial charge in [0.15, 0.2) is 6.10 Å². The molecule has 2 aliphatic heterocycles. The molecule has 29 heavy (non-hydrogen) atoms. The minimum absolute atomic E-state index is 0.00397. The first-order chi connectivity index (χ1) is 14.1. The number of piperidine rings is 1. The van der Waals surface area contributed by atoms with Crippen LogP contribution in [0.2, 0.25) is 5.02 Å². The van der Waals surface area contributed by atoms with E-state index in [0.717, 1.165) is 38.0 Å². The zero-order valence-corrected chi connectivity index (χ0v) is 16.9. The van der Waals surface area contributed by atoms with Gasteiger partial charge in [-0.05, 0) is 43.5 Å². The number of nitrogens with one attached hydrogen (secondary N) is 1. The molecule has 4 rings (SSSR count). The van der Waals surface area contributed by atoms with Crippen molar-refractivity contribution in [2.24, 2.45) is 0 Å². The second-order valence-corrected chi connectivity index (χ2v) is 7.78. The van der Waals surface area contributed by atoms with Gasteiger partial charge >= 0.3 is 0 Å². The molecule has 0 bridgehead atoms. The Morgan fingerprint density at radius 1 is 1.03 bits per heavy atom. The summed E-state index contributed by atoms with van der Waals surface area (Å²) in [5.74, 6) is 0.425. The van der Waals surface area contributed by atoms with Gasteiger partial charge in [-0.15, -0.1) is 0 Å². The van der Waals surface area contributed by atoms with E-state index in [1.807, 2.05) is 46.2 Å². The topological polar surface area (TPSA) is 61.9 Å². The molecule has 0 unspecified atom stereocenters. The van der Waals surface area contributed by atoms with Crippen molar-refractivity contribution >= 4 is 34.8 Å². The van der Waals surface area contributed by atoms with Gasteiger partial charge in [-0.2, -0.15) is 0 Å². The first kappa shape index (κ1) is 19.6. The average Bonchev–Trinajstić information content (AvgIpc) is 2.75. The van der Waals surface area contributed by atoms with Crippen molar-refractivity contribution in [1.29, 1.82) is 0 Å². The van der Waals surface area contributed by atoms with Crippen molar-refractivity contribution in [2.45, 2.75) is 25.4 Å². The molecule has 2 heterocycles. The molecule has 1 atom stereocenters. The van der Waals surface area contributed by atoms with Crippen LogP contribution in [-0.4, -0.2) is 49.0 Å². The van der Waals surface area contributed by atoms with Gasteiger partial charge in [-0.25, -0.2) is 0 Å². The van der Waals surface area contributed by atoms with Crippen LogP contribution in [0.25, 0.3) is 0 Å². The lowest BCUT2D eigenvalue weighted by atomic mass is 10.1. The molecule has 2 aliphatic rings. The normalized spacial score (nSPS) is 18.6. The number of likely N-dealkylation sites (tertiary alicyclic amines) is 1. The Kier molecular flexibility index (Phi) is 5.90. The van der Waals surface area contributed by atoms with E-state index in [1.54, 1.807) is 12.1 Å². The Labute approximate surface area is 175 Å². The number of carbonyl (C=O) groups is 2. The van der Waals surface area contributed by atoms with Gasteiger partial charge < -0.3 is 19.9 Å². The number of halogens is 1. The first-order valence-electron chi connectivity index (χ1n) is 9.95. The van der Waals surface area contributed by atoms with E-state index in [2.05, 4.69) is 5.32 Å². The van der Waals surface area contributed by atoms with Crippen LogP contribution in [0.4, 0.5) is 11.4 Å². The second kappa shape index (κ2) is 8.74. The lowest BCUT2D eigenvalue weighted by Crippen LogP contribution is -2.52. The molecule has 0 radical (unpaired) electrons. The van der Waals surface area contributed by atoms with Crippen LogP contribution in [0.15, 0.2) is 48.5 Å². The number of para-hydroxylation sites is 3. The quantitative estimate of drug-likeness (QED) is 0.832. The molecule has 1 fully saturated rings. The summed E-state index contributed by atoms with van der Waals surface area (Å²) in [4.78, 5) is 29.4. The van der Waals surface area contributed by atoms with E-state index in [0.29, 0.717) is 23.0 Å². The molecule has 2 aromatic carbocycles. The Hall–Kier alpha value is -2.73. The maximum Gasteiger partial charge on any atom is 0.265 e. The molecule has 1 N–H and O–H groups in total. The molecule has 2 aromatic rings. The molecule has 0 aromatic heterocycles. The zero-order chi connectivity index (χ0) is 20.2. The maximum absolute atomic E-state index is 13.0. The van der Waals surface area contributed by atoms with Gasteiger partial charge in [0.25, 0.3) is 5.91 Å². The number of nitrogens with zero attached hydrogens (tertiary/aromatic N) is 2. The summed E-state index contributed by atoms with van der Waals surface area (Å²) in [6.07, 6.45) is 2.60. The molecule has 152 valence electrons. The van der Waals surface area contributed by atoms with E-state index < -0.39 is 6.10 Å². The van der Waals surface area contributed by atoms with Gasteiger partial charge in [0.1, 0.15) is 5.75 Å². The molecule has 0 spiro atoms. The third-order valence-electron chi connectivity index (χ3n) is 5.29. The fourth-order valence-corrected chi connectivity index (χ4v) is 4.01. The van der Waals surface area contributed by atoms with Crippen molar-refractivity contribution in [3.8, 4) is 5.75 Å². The number of rotatable bonds is 4. The Morgan fingerprint density at radius 2 is 1.76 bits per heavy atom. The fourth-order valence-electron chi connectivity index (χ4n) is 3.83. The number of amides is 2. The molecule has 0 saturated carbocycles. The summed E-state index contributed by atoms with van der Waals surface area (Å²) < 4.78 is 6.01. The van der Waals surface area contributed by atoms with Crippen molar-refractivity contribution in [1.82, 2.24) is 4.90 Å². The fraction of sp³-hybridized carbons (Fsp3) is 0.364. The van der Waals surface area contributed by atoms with Crippen LogP contribution < -0.4 is 15.0 Å². The van der Waals surface area contributed by atoms with Crippen molar-refractivity contribution in [3.63, 3.8) is 0 Å². The van der Waals surface area contributed by atoms with Crippen LogP contribution in [0, 0.1) is 0 Å². The minimum atomic E-state index is -0.615. The smallest absolute Gasteiger partial charge is 0.265 e. The molecule has 1 saturated heterocycles. The third kappa shape index (κ3) is 4.48. The highest BCUT2D eigenvalue weighted by molar-refractivity contribution is 6.33. The lowest BCUT2D eigenvalue weighted by molar-refractivity contribution is -0.139. The number of hydrogen-bond donors (Lipinski definition) is 1. The number of ether oxygens (including phenoxy) is 1. The van der Waals surface area contributed by atoms with E-state index in [9.17, 15) is 9.59 Å². The first-order valence-corrected chi connectivity index (χ1v) is 10.3. The monoisotopic (exact) mass is 413 g/mol. The van der Waals surface area contributed by atoms with Crippen LogP contribution in [0.5, 0.6) is 5.75 Å².